The molecule has 0 N–H and O–H groups in total. The fourth-order valence-corrected chi connectivity index (χ4v) is 5.06. The number of carbonyl (C=O) groups is 1. The van der Waals surface area contributed by atoms with Crippen LogP contribution in [0.5, 0.6) is 0 Å². The number of benzene rings is 1. The van der Waals surface area contributed by atoms with Gasteiger partial charge in [-0.25, -0.2) is 17.9 Å². The first-order chi connectivity index (χ1) is 14.3. The number of halogens is 2. The molecule has 0 spiro atoms. The zero-order valence-electron chi connectivity index (χ0n) is 16.3. The van der Waals surface area contributed by atoms with Crippen molar-refractivity contribution in [1.29, 1.82) is 0 Å². The average Bonchev–Trinajstić information content (AvgIpc) is 3.18. The van der Waals surface area contributed by atoms with Crippen molar-refractivity contribution in [2.24, 2.45) is 0 Å². The van der Waals surface area contributed by atoms with Gasteiger partial charge in [-0.1, -0.05) is 36.5 Å². The summed E-state index contributed by atoms with van der Waals surface area (Å²) in [5.74, 6) is -0.428. The smallest absolute Gasteiger partial charge is 0.340 e. The number of carbonyl (C=O) groups excluding carboxylic acids is 1. The van der Waals surface area contributed by atoms with Gasteiger partial charge in [0.25, 0.3) is 0 Å². The van der Waals surface area contributed by atoms with E-state index in [1.54, 1.807) is 4.68 Å². The number of rotatable bonds is 8. The Kier molecular flexibility index (Phi) is 7.64. The Morgan fingerprint density at radius 1 is 1.23 bits per heavy atom. The lowest BCUT2D eigenvalue weighted by atomic mass is 10.2. The summed E-state index contributed by atoms with van der Waals surface area (Å²) in [7, 11) is -3.92. The summed E-state index contributed by atoms with van der Waals surface area (Å²) in [6, 6.07) is 2.36. The molecule has 1 aromatic carbocycles. The summed E-state index contributed by atoms with van der Waals surface area (Å²) in [5, 5.41) is 11.2. The van der Waals surface area contributed by atoms with Gasteiger partial charge in [0.05, 0.1) is 28.8 Å². The van der Waals surface area contributed by atoms with Crippen LogP contribution in [0, 0.1) is 0 Å². The van der Waals surface area contributed by atoms with Crippen molar-refractivity contribution in [3.63, 3.8) is 0 Å². The maximum Gasteiger partial charge on any atom is 0.340 e. The van der Waals surface area contributed by atoms with Crippen LogP contribution in [-0.4, -0.2) is 65.2 Å². The third-order valence-corrected chi connectivity index (χ3v) is 7.17. The van der Waals surface area contributed by atoms with Gasteiger partial charge < -0.3 is 9.47 Å². The fraction of sp³-hybridized carbons (Fsp3) is 0.529. The summed E-state index contributed by atoms with van der Waals surface area (Å²) >= 11 is 12.3. The molecule has 1 saturated heterocycles. The fourth-order valence-electron chi connectivity index (χ4n) is 2.83. The molecule has 164 valence electrons. The molecule has 13 heteroatoms. The lowest BCUT2D eigenvalue weighted by Crippen LogP contribution is -2.40. The Morgan fingerprint density at radius 3 is 2.67 bits per heavy atom. The van der Waals surface area contributed by atoms with Crippen molar-refractivity contribution in [2.45, 2.75) is 37.8 Å². The summed E-state index contributed by atoms with van der Waals surface area (Å²) in [6.45, 7) is 3.41. The normalized spacial score (nSPS) is 15.3. The number of nitrogens with zero attached hydrogens (tertiary/aromatic N) is 5. The molecule has 2 aromatic rings. The molecule has 0 saturated carbocycles. The van der Waals surface area contributed by atoms with Gasteiger partial charge in [0.2, 0.25) is 10.0 Å². The molecule has 10 nitrogen and oxygen atoms in total. The Labute approximate surface area is 184 Å². The van der Waals surface area contributed by atoms with Gasteiger partial charge in [0.15, 0.2) is 12.4 Å². The number of aromatic nitrogens is 4. The Hall–Kier alpha value is -1.79. The van der Waals surface area contributed by atoms with Crippen molar-refractivity contribution in [2.75, 3.05) is 26.3 Å². The van der Waals surface area contributed by atoms with Crippen LogP contribution in [0.2, 0.25) is 10.0 Å². The predicted octanol–water partition coefficient (Wildman–Crippen LogP) is 2.16. The minimum Gasteiger partial charge on any atom is -0.454 e. The maximum atomic E-state index is 12.9. The molecule has 1 aromatic heterocycles. The summed E-state index contributed by atoms with van der Waals surface area (Å²) < 4.78 is 39.2. The second kappa shape index (κ2) is 10.0. The van der Waals surface area contributed by atoms with Crippen LogP contribution in [0.3, 0.4) is 0 Å². The quantitative estimate of drug-likeness (QED) is 0.530. The van der Waals surface area contributed by atoms with Crippen LogP contribution < -0.4 is 0 Å². The third-order valence-electron chi connectivity index (χ3n) is 4.49. The highest BCUT2D eigenvalue weighted by Crippen LogP contribution is 2.31. The number of esters is 1. The first-order valence-electron chi connectivity index (χ1n) is 9.33. The van der Waals surface area contributed by atoms with E-state index in [1.807, 2.05) is 6.92 Å². The first-order valence-corrected chi connectivity index (χ1v) is 11.5. The number of morpholine rings is 1. The van der Waals surface area contributed by atoms with Gasteiger partial charge in [-0.15, -0.1) is 5.10 Å². The first kappa shape index (κ1) is 22.9. The molecule has 0 radical (unpaired) electrons. The summed E-state index contributed by atoms with van der Waals surface area (Å²) in [4.78, 5) is 12.4. The largest absolute Gasteiger partial charge is 0.454 e. The molecule has 0 aliphatic carbocycles. The number of hydrogen-bond acceptors (Lipinski definition) is 8. The van der Waals surface area contributed by atoms with Crippen LogP contribution in [0.1, 0.15) is 35.9 Å². The number of sulfonamides is 1. The van der Waals surface area contributed by atoms with Crippen molar-refractivity contribution in [1.82, 2.24) is 24.5 Å². The summed E-state index contributed by atoms with van der Waals surface area (Å²) in [6.07, 6.45) is 1.83. The number of tetrazole rings is 1. The Balaban J connectivity index is 1.80. The second-order valence-corrected chi connectivity index (χ2v) is 9.25. The molecule has 1 aliphatic heterocycles. The van der Waals surface area contributed by atoms with Gasteiger partial charge in [0.1, 0.15) is 4.90 Å². The van der Waals surface area contributed by atoms with E-state index in [9.17, 15) is 13.2 Å². The topological polar surface area (TPSA) is 117 Å². The van der Waals surface area contributed by atoms with Gasteiger partial charge in [-0.2, -0.15) is 4.31 Å². The number of hydrogen-bond donors (Lipinski definition) is 0. The zero-order chi connectivity index (χ0) is 21.7. The molecule has 1 aliphatic rings. The molecule has 1 fully saturated rings. The standard InChI is InChI=1S/C17H21Cl2N5O5S/c1-2-3-4-24-16(20-21-22-24)11-29-17(25)12-9-15(14(19)10-13(12)18)30(26,27)23-5-7-28-8-6-23/h9-10H,2-8,11H2,1H3. The molecule has 30 heavy (non-hydrogen) atoms. The lowest BCUT2D eigenvalue weighted by Gasteiger charge is -2.26. The number of unbranched alkanes of at least 4 members (excludes halogenated alkanes) is 1. The number of aryl methyl sites for hydroxylation is 1. The van der Waals surface area contributed by atoms with Crippen LogP contribution in [0.4, 0.5) is 0 Å². The molecule has 3 rings (SSSR count). The highest BCUT2D eigenvalue weighted by Gasteiger charge is 2.30. The van der Waals surface area contributed by atoms with E-state index >= 15 is 0 Å². The zero-order valence-corrected chi connectivity index (χ0v) is 18.6. The number of ether oxygens (including phenoxy) is 2. The molecule has 0 bridgehead atoms. The predicted molar refractivity (Wildman–Crippen MR) is 108 cm³/mol. The molecule has 2 heterocycles. The maximum absolute atomic E-state index is 12.9. The molecule has 0 amide bonds. The Bertz CT molecular complexity index is 1010. The minimum atomic E-state index is -3.92. The third kappa shape index (κ3) is 5.09. The van der Waals surface area contributed by atoms with Crippen LogP contribution in [-0.2, 0) is 32.6 Å². The van der Waals surface area contributed by atoms with E-state index in [4.69, 9.17) is 32.7 Å². The summed E-state index contributed by atoms with van der Waals surface area (Å²) in [5.41, 5.74) is -0.111. The molecule has 0 atom stereocenters. The Morgan fingerprint density at radius 2 is 1.97 bits per heavy atom. The van der Waals surface area contributed by atoms with E-state index < -0.39 is 16.0 Å². The molecular formula is C17H21Cl2N5O5S. The van der Waals surface area contributed by atoms with Crippen molar-refractivity contribution < 1.29 is 22.7 Å². The molecular weight excluding hydrogens is 457 g/mol. The van der Waals surface area contributed by atoms with Crippen molar-refractivity contribution in [3.8, 4) is 0 Å². The van der Waals surface area contributed by atoms with Crippen LogP contribution >= 0.6 is 23.2 Å². The SMILES string of the molecule is CCCCn1nnnc1COC(=O)c1cc(S(=O)(=O)N2CCOCC2)c(Cl)cc1Cl. The van der Waals surface area contributed by atoms with E-state index in [0.717, 1.165) is 18.9 Å². The lowest BCUT2D eigenvalue weighted by molar-refractivity contribution is 0.0456. The van der Waals surface area contributed by atoms with Gasteiger partial charge in [-0.05, 0) is 29.0 Å². The highest BCUT2D eigenvalue weighted by molar-refractivity contribution is 7.89. The van der Waals surface area contributed by atoms with Crippen molar-refractivity contribution >= 4 is 39.2 Å². The van der Waals surface area contributed by atoms with E-state index in [2.05, 4.69) is 15.5 Å². The van der Waals surface area contributed by atoms with Crippen LogP contribution in [0.15, 0.2) is 17.0 Å². The highest BCUT2D eigenvalue weighted by atomic mass is 35.5. The monoisotopic (exact) mass is 477 g/mol. The van der Waals surface area contributed by atoms with Gasteiger partial charge >= 0.3 is 5.97 Å². The second-order valence-electron chi connectivity index (χ2n) is 6.53. The van der Waals surface area contributed by atoms with Gasteiger partial charge in [0, 0.05) is 19.6 Å². The molecule has 0 unspecified atom stereocenters. The van der Waals surface area contributed by atoms with Crippen molar-refractivity contribution in [3.05, 3.63) is 33.6 Å². The average molecular weight is 478 g/mol. The van der Waals surface area contributed by atoms with E-state index in [-0.39, 0.29) is 53.4 Å². The van der Waals surface area contributed by atoms with E-state index in [1.165, 1.54) is 10.4 Å². The van der Waals surface area contributed by atoms with Crippen LogP contribution in [0.25, 0.3) is 0 Å². The van der Waals surface area contributed by atoms with E-state index in [0.29, 0.717) is 12.4 Å². The van der Waals surface area contributed by atoms with Gasteiger partial charge in [-0.3, -0.25) is 0 Å². The minimum absolute atomic E-state index is 0.0171.